The van der Waals surface area contributed by atoms with E-state index in [2.05, 4.69) is 5.32 Å². The van der Waals surface area contributed by atoms with Crippen molar-refractivity contribution in [2.45, 2.75) is 6.54 Å². The van der Waals surface area contributed by atoms with Gasteiger partial charge in [-0.3, -0.25) is 9.59 Å². The first kappa shape index (κ1) is 19.3. The van der Waals surface area contributed by atoms with Crippen LogP contribution in [0.4, 0.5) is 11.4 Å². The molecule has 0 unspecified atom stereocenters. The molecule has 0 saturated carbocycles. The zero-order valence-electron chi connectivity index (χ0n) is 15.2. The number of carbonyl (C=O) groups is 2. The third-order valence-electron chi connectivity index (χ3n) is 4.50. The molecule has 1 N–H and O–H groups in total. The van der Waals surface area contributed by atoms with Gasteiger partial charge >= 0.3 is 0 Å². The van der Waals surface area contributed by atoms with Crippen molar-refractivity contribution in [2.75, 3.05) is 16.8 Å². The van der Waals surface area contributed by atoms with E-state index < -0.39 is 0 Å². The minimum atomic E-state index is -0.292. The quantitative estimate of drug-likeness (QED) is 0.625. The number of amides is 2. The van der Waals surface area contributed by atoms with Crippen molar-refractivity contribution in [3.63, 3.8) is 0 Å². The molecule has 0 fully saturated rings. The Hall–Kier alpha value is -3.02. The van der Waals surface area contributed by atoms with Crippen molar-refractivity contribution < 1.29 is 14.3 Å². The van der Waals surface area contributed by atoms with Gasteiger partial charge in [-0.1, -0.05) is 41.4 Å². The van der Waals surface area contributed by atoms with Gasteiger partial charge in [0.1, 0.15) is 5.75 Å². The maximum Gasteiger partial charge on any atom is 0.265 e. The number of fused-ring (bicyclic) bond motifs is 1. The van der Waals surface area contributed by atoms with E-state index in [-0.39, 0.29) is 18.4 Å². The smallest absolute Gasteiger partial charge is 0.265 e. The number of nitrogens with one attached hydrogen (secondary N) is 1. The fourth-order valence-corrected chi connectivity index (χ4v) is 3.37. The predicted molar refractivity (Wildman–Crippen MR) is 114 cm³/mol. The van der Waals surface area contributed by atoms with E-state index in [1.807, 2.05) is 12.1 Å². The molecular weight excluding hydrogens is 411 g/mol. The Bertz CT molecular complexity index is 1080. The first-order valence-corrected chi connectivity index (χ1v) is 9.64. The molecule has 3 aromatic carbocycles. The van der Waals surface area contributed by atoms with Crippen LogP contribution >= 0.6 is 23.2 Å². The van der Waals surface area contributed by atoms with E-state index in [9.17, 15) is 9.59 Å². The van der Waals surface area contributed by atoms with Crippen LogP contribution in [0.15, 0.2) is 66.7 Å². The second kappa shape index (κ2) is 8.15. The largest absolute Gasteiger partial charge is 0.482 e. The number of nitrogens with zero attached hydrogens (tertiary/aromatic N) is 1. The van der Waals surface area contributed by atoms with Crippen molar-refractivity contribution in [3.05, 3.63) is 87.9 Å². The van der Waals surface area contributed by atoms with Gasteiger partial charge in [-0.15, -0.1) is 0 Å². The summed E-state index contributed by atoms with van der Waals surface area (Å²) in [4.78, 5) is 26.6. The van der Waals surface area contributed by atoms with E-state index in [1.165, 1.54) is 0 Å². The minimum Gasteiger partial charge on any atom is -0.482 e. The van der Waals surface area contributed by atoms with Crippen molar-refractivity contribution in [1.29, 1.82) is 0 Å². The third-order valence-corrected chi connectivity index (χ3v) is 4.99. The van der Waals surface area contributed by atoms with Crippen LogP contribution in [-0.2, 0) is 11.3 Å². The number of hydrogen-bond donors (Lipinski definition) is 1. The molecule has 5 nitrogen and oxygen atoms in total. The summed E-state index contributed by atoms with van der Waals surface area (Å²) in [6.07, 6.45) is 0. The molecule has 7 heteroatoms. The van der Waals surface area contributed by atoms with Crippen LogP contribution < -0.4 is 15.0 Å². The molecule has 0 saturated heterocycles. The lowest BCUT2D eigenvalue weighted by Crippen LogP contribution is -2.38. The average molecular weight is 427 g/mol. The molecule has 1 aliphatic rings. The number of hydrogen-bond acceptors (Lipinski definition) is 3. The Morgan fingerprint density at radius 2 is 1.79 bits per heavy atom. The van der Waals surface area contributed by atoms with E-state index in [4.69, 9.17) is 27.9 Å². The highest BCUT2D eigenvalue weighted by Gasteiger charge is 2.26. The van der Waals surface area contributed by atoms with Gasteiger partial charge in [-0.05, 0) is 54.1 Å². The number of halogens is 2. The Morgan fingerprint density at radius 1 is 1.00 bits per heavy atom. The zero-order chi connectivity index (χ0) is 20.4. The van der Waals surface area contributed by atoms with Crippen LogP contribution in [0.3, 0.4) is 0 Å². The van der Waals surface area contributed by atoms with Gasteiger partial charge < -0.3 is 15.0 Å². The molecule has 0 aliphatic carbocycles. The number of rotatable bonds is 4. The van der Waals surface area contributed by atoms with Crippen LogP contribution in [0.25, 0.3) is 0 Å². The molecular formula is C22H16Cl2N2O3. The Balaban J connectivity index is 1.60. The third kappa shape index (κ3) is 4.36. The predicted octanol–water partition coefficient (Wildman–Crippen LogP) is 5.17. The molecule has 1 heterocycles. The molecule has 4 rings (SSSR count). The summed E-state index contributed by atoms with van der Waals surface area (Å²) in [6, 6.07) is 19.2. The number of benzene rings is 3. The second-order valence-electron chi connectivity index (χ2n) is 6.54. The topological polar surface area (TPSA) is 58.6 Å². The number of ether oxygens (including phenoxy) is 1. The highest BCUT2D eigenvalue weighted by atomic mass is 35.5. The molecule has 0 atom stereocenters. The molecule has 29 heavy (non-hydrogen) atoms. The van der Waals surface area contributed by atoms with Crippen molar-refractivity contribution in [1.82, 2.24) is 0 Å². The van der Waals surface area contributed by atoms with Crippen LogP contribution in [0.5, 0.6) is 5.75 Å². The summed E-state index contributed by atoms with van der Waals surface area (Å²) in [6.45, 7) is 0.340. The SMILES string of the molecule is O=C(Nc1ccc2c(c1)N(Cc1ccc(Cl)cc1)C(=O)CO2)c1cccc(Cl)c1. The lowest BCUT2D eigenvalue weighted by molar-refractivity contribution is -0.121. The van der Waals surface area contributed by atoms with Gasteiger partial charge in [0, 0.05) is 21.3 Å². The van der Waals surface area contributed by atoms with Gasteiger partial charge in [0.2, 0.25) is 0 Å². The Morgan fingerprint density at radius 3 is 2.55 bits per heavy atom. The fraction of sp³-hybridized carbons (Fsp3) is 0.0909. The summed E-state index contributed by atoms with van der Waals surface area (Å²) in [5.74, 6) is 0.129. The molecule has 146 valence electrons. The maximum atomic E-state index is 12.5. The highest BCUT2D eigenvalue weighted by Crippen LogP contribution is 2.35. The average Bonchev–Trinajstić information content (AvgIpc) is 2.71. The maximum absolute atomic E-state index is 12.5. The summed E-state index contributed by atoms with van der Waals surface area (Å²) in [5, 5.41) is 3.95. The molecule has 0 bridgehead atoms. The monoisotopic (exact) mass is 426 g/mol. The van der Waals surface area contributed by atoms with Crippen LogP contribution in [0.1, 0.15) is 15.9 Å². The van der Waals surface area contributed by atoms with Crippen molar-refractivity contribution >= 4 is 46.4 Å². The standard InChI is InChI=1S/C22H16Cl2N2O3/c23-16-6-4-14(5-7-16)12-26-19-11-18(8-9-20(19)29-13-21(26)27)25-22(28)15-2-1-3-17(24)10-15/h1-11H,12-13H2,(H,25,28). The number of carbonyl (C=O) groups excluding carboxylic acids is 2. The molecule has 0 aromatic heterocycles. The molecule has 0 radical (unpaired) electrons. The minimum absolute atomic E-state index is 0.0329. The molecule has 1 aliphatic heterocycles. The Labute approximate surface area is 177 Å². The van der Waals surface area contributed by atoms with Crippen LogP contribution in [-0.4, -0.2) is 18.4 Å². The summed E-state index contributed by atoms with van der Waals surface area (Å²) < 4.78 is 5.54. The van der Waals surface area contributed by atoms with E-state index in [0.717, 1.165) is 5.56 Å². The van der Waals surface area contributed by atoms with Gasteiger partial charge in [0.25, 0.3) is 11.8 Å². The van der Waals surface area contributed by atoms with Crippen LogP contribution in [0.2, 0.25) is 10.0 Å². The van der Waals surface area contributed by atoms with Gasteiger partial charge in [-0.25, -0.2) is 0 Å². The summed E-state index contributed by atoms with van der Waals surface area (Å²) in [7, 11) is 0. The highest BCUT2D eigenvalue weighted by molar-refractivity contribution is 6.31. The Kier molecular flexibility index (Phi) is 5.43. The lowest BCUT2D eigenvalue weighted by Gasteiger charge is -2.30. The lowest BCUT2D eigenvalue weighted by atomic mass is 10.1. The first-order valence-electron chi connectivity index (χ1n) is 8.88. The van der Waals surface area contributed by atoms with Crippen molar-refractivity contribution in [2.24, 2.45) is 0 Å². The van der Waals surface area contributed by atoms with Gasteiger partial charge in [-0.2, -0.15) is 0 Å². The zero-order valence-corrected chi connectivity index (χ0v) is 16.7. The second-order valence-corrected chi connectivity index (χ2v) is 7.41. The van der Waals surface area contributed by atoms with Crippen LogP contribution in [0, 0.1) is 0 Å². The van der Waals surface area contributed by atoms with E-state index in [1.54, 1.807) is 59.5 Å². The number of anilines is 2. The van der Waals surface area contributed by atoms with E-state index in [0.29, 0.717) is 39.3 Å². The fourth-order valence-electron chi connectivity index (χ4n) is 3.06. The molecule has 0 spiro atoms. The van der Waals surface area contributed by atoms with Gasteiger partial charge in [0.05, 0.1) is 12.2 Å². The molecule has 3 aromatic rings. The summed E-state index contributed by atoms with van der Waals surface area (Å²) in [5.41, 5.74) is 2.53. The normalized spacial score (nSPS) is 12.9. The van der Waals surface area contributed by atoms with Gasteiger partial charge in [0.15, 0.2) is 6.61 Å². The van der Waals surface area contributed by atoms with E-state index >= 15 is 0 Å². The van der Waals surface area contributed by atoms with Crippen molar-refractivity contribution in [3.8, 4) is 5.75 Å². The summed E-state index contributed by atoms with van der Waals surface area (Å²) >= 11 is 11.9. The first-order chi connectivity index (χ1) is 14.0. The molecule has 2 amide bonds.